The number of ether oxygens (including phenoxy) is 1. The minimum absolute atomic E-state index is 0.0150. The Balaban J connectivity index is 1.87. The van der Waals surface area contributed by atoms with Crippen LogP contribution in [0.15, 0.2) is 36.4 Å². The van der Waals surface area contributed by atoms with E-state index in [2.05, 4.69) is 5.32 Å². The van der Waals surface area contributed by atoms with Gasteiger partial charge in [0.15, 0.2) is 6.61 Å². The number of anilines is 1. The van der Waals surface area contributed by atoms with Crippen LogP contribution in [0.4, 0.5) is 10.1 Å². The van der Waals surface area contributed by atoms with Crippen LogP contribution < -0.4 is 11.1 Å². The molecule has 0 bridgehead atoms. The number of nitrogens with two attached hydrogens (primary N) is 1. The lowest BCUT2D eigenvalue weighted by atomic mass is 10.2. The van der Waals surface area contributed by atoms with E-state index >= 15 is 0 Å². The minimum atomic E-state index is -0.811. The molecule has 0 atom stereocenters. The maximum absolute atomic E-state index is 12.8. The molecule has 3 N–H and O–H groups in total. The average molecular weight is 371 g/mol. The Morgan fingerprint density at radius 1 is 1.17 bits per heavy atom. The zero-order valence-corrected chi connectivity index (χ0v) is 13.8. The highest BCUT2D eigenvalue weighted by Gasteiger charge is 2.16. The lowest BCUT2D eigenvalue weighted by molar-refractivity contribution is -0.124. The van der Waals surface area contributed by atoms with Gasteiger partial charge in [0.2, 0.25) is 0 Å². The molecule has 126 valence electrons. The predicted octanol–water partition coefficient (Wildman–Crippen LogP) is 3.19. The summed E-state index contributed by atoms with van der Waals surface area (Å²) in [5.74, 6) is -1.69. The second-order valence-corrected chi connectivity index (χ2v) is 5.67. The number of benzene rings is 2. The summed E-state index contributed by atoms with van der Waals surface area (Å²) in [5, 5.41) is 2.89. The van der Waals surface area contributed by atoms with Gasteiger partial charge in [0.05, 0.1) is 16.3 Å². The standard InChI is InChI=1S/C16H13Cl2FN2O3/c17-10-5-12(15(20)13(18)6-10)16(23)24-8-14(22)21-7-9-1-3-11(19)4-2-9/h1-6H,7-8,20H2,(H,21,22). The Kier molecular flexibility index (Phi) is 6.00. The number of hydrogen-bond acceptors (Lipinski definition) is 4. The summed E-state index contributed by atoms with van der Waals surface area (Å²) >= 11 is 11.6. The molecule has 0 fully saturated rings. The van der Waals surface area contributed by atoms with Crippen molar-refractivity contribution in [1.82, 2.24) is 5.32 Å². The zero-order valence-electron chi connectivity index (χ0n) is 12.3. The average Bonchev–Trinajstić information content (AvgIpc) is 2.55. The van der Waals surface area contributed by atoms with Crippen molar-refractivity contribution >= 4 is 40.8 Å². The van der Waals surface area contributed by atoms with Crippen molar-refractivity contribution in [2.24, 2.45) is 0 Å². The lowest BCUT2D eigenvalue weighted by Crippen LogP contribution is -2.28. The van der Waals surface area contributed by atoms with E-state index in [1.54, 1.807) is 0 Å². The van der Waals surface area contributed by atoms with Crippen LogP contribution in [0.5, 0.6) is 0 Å². The number of nitrogens with one attached hydrogen (secondary N) is 1. The third-order valence-electron chi connectivity index (χ3n) is 3.05. The molecular weight excluding hydrogens is 358 g/mol. The van der Waals surface area contributed by atoms with E-state index in [-0.39, 0.29) is 33.7 Å². The summed E-state index contributed by atoms with van der Waals surface area (Å²) < 4.78 is 17.7. The lowest BCUT2D eigenvalue weighted by Gasteiger charge is -2.09. The van der Waals surface area contributed by atoms with E-state index in [0.717, 1.165) is 0 Å². The molecule has 24 heavy (non-hydrogen) atoms. The number of carbonyl (C=O) groups excluding carboxylic acids is 2. The fourth-order valence-corrected chi connectivity index (χ4v) is 2.31. The first-order valence-electron chi connectivity index (χ1n) is 6.79. The molecule has 0 aromatic heterocycles. The van der Waals surface area contributed by atoms with Gasteiger partial charge in [0, 0.05) is 11.6 Å². The number of carbonyl (C=O) groups is 2. The third kappa shape index (κ3) is 4.84. The quantitative estimate of drug-likeness (QED) is 0.625. The highest BCUT2D eigenvalue weighted by Crippen LogP contribution is 2.27. The Morgan fingerprint density at radius 3 is 2.50 bits per heavy atom. The second kappa shape index (κ2) is 7.99. The molecule has 2 rings (SSSR count). The van der Waals surface area contributed by atoms with E-state index < -0.39 is 18.5 Å². The fraction of sp³-hybridized carbons (Fsp3) is 0.125. The molecule has 0 heterocycles. The van der Waals surface area contributed by atoms with Crippen molar-refractivity contribution in [2.45, 2.75) is 6.54 Å². The Morgan fingerprint density at radius 2 is 1.83 bits per heavy atom. The first-order valence-corrected chi connectivity index (χ1v) is 7.55. The van der Waals surface area contributed by atoms with Crippen molar-refractivity contribution < 1.29 is 18.7 Å². The summed E-state index contributed by atoms with van der Waals surface area (Å²) in [6.07, 6.45) is 0. The normalized spacial score (nSPS) is 10.3. The number of rotatable bonds is 5. The van der Waals surface area contributed by atoms with Gasteiger partial charge in [-0.2, -0.15) is 0 Å². The van der Waals surface area contributed by atoms with E-state index in [1.807, 2.05) is 0 Å². The summed E-state index contributed by atoms with van der Waals surface area (Å²) in [6, 6.07) is 8.35. The first kappa shape index (κ1) is 18.0. The van der Waals surface area contributed by atoms with Crippen LogP contribution in [-0.4, -0.2) is 18.5 Å². The number of halogens is 3. The highest BCUT2D eigenvalue weighted by atomic mass is 35.5. The molecule has 5 nitrogen and oxygen atoms in total. The molecule has 0 saturated heterocycles. The Bertz CT molecular complexity index is 767. The van der Waals surface area contributed by atoms with Gasteiger partial charge in [-0.25, -0.2) is 9.18 Å². The van der Waals surface area contributed by atoms with E-state index in [9.17, 15) is 14.0 Å². The van der Waals surface area contributed by atoms with Gasteiger partial charge in [-0.05, 0) is 29.8 Å². The smallest absolute Gasteiger partial charge is 0.340 e. The molecule has 0 unspecified atom stereocenters. The van der Waals surface area contributed by atoms with Crippen molar-refractivity contribution in [3.8, 4) is 0 Å². The van der Waals surface area contributed by atoms with Crippen LogP contribution in [-0.2, 0) is 16.1 Å². The molecule has 2 aromatic rings. The molecule has 0 radical (unpaired) electrons. The monoisotopic (exact) mass is 370 g/mol. The van der Waals surface area contributed by atoms with Gasteiger partial charge < -0.3 is 15.8 Å². The second-order valence-electron chi connectivity index (χ2n) is 4.83. The molecule has 0 aliphatic carbocycles. The van der Waals surface area contributed by atoms with Crippen molar-refractivity contribution in [1.29, 1.82) is 0 Å². The van der Waals surface area contributed by atoms with Crippen molar-refractivity contribution in [2.75, 3.05) is 12.3 Å². The molecule has 8 heteroatoms. The van der Waals surface area contributed by atoms with Gasteiger partial charge in [0.25, 0.3) is 5.91 Å². The topological polar surface area (TPSA) is 81.4 Å². The minimum Gasteiger partial charge on any atom is -0.452 e. The number of esters is 1. The van der Waals surface area contributed by atoms with E-state index in [1.165, 1.54) is 36.4 Å². The Labute approximate surface area is 147 Å². The maximum Gasteiger partial charge on any atom is 0.340 e. The summed E-state index contributed by atoms with van der Waals surface area (Å²) in [4.78, 5) is 23.6. The SMILES string of the molecule is Nc1c(Cl)cc(Cl)cc1C(=O)OCC(=O)NCc1ccc(F)cc1. The van der Waals surface area contributed by atoms with E-state index in [4.69, 9.17) is 33.7 Å². The van der Waals surface area contributed by atoms with Crippen LogP contribution in [0.3, 0.4) is 0 Å². The molecule has 0 spiro atoms. The maximum atomic E-state index is 12.8. The number of hydrogen-bond donors (Lipinski definition) is 2. The number of amides is 1. The van der Waals surface area contributed by atoms with Crippen molar-refractivity contribution in [3.05, 3.63) is 63.4 Å². The number of nitrogen functional groups attached to an aromatic ring is 1. The van der Waals surface area contributed by atoms with Crippen LogP contribution >= 0.6 is 23.2 Å². The molecular formula is C16H13Cl2FN2O3. The van der Waals surface area contributed by atoms with E-state index in [0.29, 0.717) is 5.56 Å². The fourth-order valence-electron chi connectivity index (χ4n) is 1.82. The van der Waals surface area contributed by atoms with Crippen LogP contribution in [0.25, 0.3) is 0 Å². The van der Waals surface area contributed by atoms with Gasteiger partial charge in [-0.1, -0.05) is 35.3 Å². The highest BCUT2D eigenvalue weighted by molar-refractivity contribution is 6.37. The summed E-state index contributed by atoms with van der Waals surface area (Å²) in [6.45, 7) is -0.314. The largest absolute Gasteiger partial charge is 0.452 e. The predicted molar refractivity (Wildman–Crippen MR) is 89.4 cm³/mol. The first-order chi connectivity index (χ1) is 11.4. The van der Waals surface area contributed by atoms with Crippen molar-refractivity contribution in [3.63, 3.8) is 0 Å². The van der Waals surface area contributed by atoms with Crippen LogP contribution in [0.1, 0.15) is 15.9 Å². The Hall–Kier alpha value is -2.31. The van der Waals surface area contributed by atoms with Gasteiger partial charge in [-0.15, -0.1) is 0 Å². The van der Waals surface area contributed by atoms with Gasteiger partial charge in [-0.3, -0.25) is 4.79 Å². The molecule has 1 amide bonds. The summed E-state index contributed by atoms with van der Waals surface area (Å²) in [5.41, 5.74) is 6.40. The van der Waals surface area contributed by atoms with Crippen LogP contribution in [0, 0.1) is 5.82 Å². The molecule has 0 saturated carbocycles. The molecule has 0 aliphatic heterocycles. The third-order valence-corrected chi connectivity index (χ3v) is 3.58. The molecule has 2 aromatic carbocycles. The van der Waals surface area contributed by atoms with Gasteiger partial charge >= 0.3 is 5.97 Å². The zero-order chi connectivity index (χ0) is 17.7. The van der Waals surface area contributed by atoms with Crippen LogP contribution in [0.2, 0.25) is 10.0 Å². The molecule has 0 aliphatic rings. The van der Waals surface area contributed by atoms with Gasteiger partial charge in [0.1, 0.15) is 5.82 Å². The summed E-state index contributed by atoms with van der Waals surface area (Å²) in [7, 11) is 0.